The molecule has 6 nitrogen and oxygen atoms in total. The maximum atomic E-state index is 4.88. The first-order valence-corrected chi connectivity index (χ1v) is 10.1. The van der Waals surface area contributed by atoms with Gasteiger partial charge in [-0.3, -0.25) is 0 Å². The van der Waals surface area contributed by atoms with E-state index in [1.807, 2.05) is 47.0 Å². The summed E-state index contributed by atoms with van der Waals surface area (Å²) >= 11 is 0. The summed E-state index contributed by atoms with van der Waals surface area (Å²) in [5, 5.41) is 13.5. The van der Waals surface area contributed by atoms with E-state index in [0.717, 1.165) is 42.4 Å². The number of nitrogens with zero attached hydrogens (tertiary/aromatic N) is 6. The lowest BCUT2D eigenvalue weighted by molar-refractivity contribution is 0.484. The summed E-state index contributed by atoms with van der Waals surface area (Å²) in [6, 6.07) is 25.2. The van der Waals surface area contributed by atoms with Crippen molar-refractivity contribution in [2.45, 2.75) is 18.9 Å². The first-order valence-electron chi connectivity index (χ1n) is 10.1. The molecule has 5 rings (SSSR count). The molecule has 146 valence electrons. The minimum Gasteiger partial charge on any atom is -0.369 e. The number of benzene rings is 2. The topological polar surface area (TPSA) is 49.6 Å². The Kier molecular flexibility index (Phi) is 4.60. The van der Waals surface area contributed by atoms with Crippen LogP contribution in [0.15, 0.2) is 72.8 Å². The maximum absolute atomic E-state index is 4.88. The lowest BCUT2D eigenvalue weighted by Crippen LogP contribution is -2.47. The highest BCUT2D eigenvalue weighted by molar-refractivity contribution is 5.59. The molecule has 29 heavy (non-hydrogen) atoms. The molecule has 1 fully saturated rings. The fourth-order valence-electron chi connectivity index (χ4n) is 4.07. The zero-order valence-electron chi connectivity index (χ0n) is 16.5. The van der Waals surface area contributed by atoms with Gasteiger partial charge in [0.15, 0.2) is 11.5 Å². The van der Waals surface area contributed by atoms with Crippen molar-refractivity contribution in [2.75, 3.05) is 29.9 Å². The van der Waals surface area contributed by atoms with Crippen molar-refractivity contribution in [3.8, 4) is 11.4 Å². The summed E-state index contributed by atoms with van der Waals surface area (Å²) in [5.41, 5.74) is 3.06. The summed E-state index contributed by atoms with van der Waals surface area (Å²) < 4.78 is 1.85. The molecule has 0 spiro atoms. The van der Waals surface area contributed by atoms with Gasteiger partial charge in [-0.1, -0.05) is 48.5 Å². The van der Waals surface area contributed by atoms with Crippen LogP contribution in [-0.4, -0.2) is 46.0 Å². The number of anilines is 2. The van der Waals surface area contributed by atoms with Crippen molar-refractivity contribution in [2.24, 2.45) is 0 Å². The van der Waals surface area contributed by atoms with Crippen LogP contribution >= 0.6 is 0 Å². The fourth-order valence-corrected chi connectivity index (χ4v) is 4.07. The van der Waals surface area contributed by atoms with Gasteiger partial charge in [0.1, 0.15) is 5.82 Å². The molecule has 2 aromatic carbocycles. The molecule has 1 aliphatic rings. The lowest BCUT2D eigenvalue weighted by atomic mass is 10.0. The molecular weight excluding hydrogens is 360 g/mol. The van der Waals surface area contributed by atoms with E-state index in [1.54, 1.807) is 0 Å². The molecule has 2 aromatic heterocycles. The van der Waals surface area contributed by atoms with E-state index < -0.39 is 0 Å². The van der Waals surface area contributed by atoms with Crippen molar-refractivity contribution in [3.05, 3.63) is 72.8 Å². The second-order valence-electron chi connectivity index (χ2n) is 7.54. The Morgan fingerprint density at radius 2 is 1.66 bits per heavy atom. The number of hydrogen-bond donors (Lipinski definition) is 0. The van der Waals surface area contributed by atoms with E-state index in [-0.39, 0.29) is 0 Å². The standard InChI is InChI=1S/C23H24N6/c1-27(20-13-8-16-28(17-20)19-11-6-3-7-12-19)22-15-14-21-24-25-23(29(21)26-22)18-9-4-2-5-10-18/h2-7,9-12,14-15,20H,8,13,16-17H2,1H3. The summed E-state index contributed by atoms with van der Waals surface area (Å²) in [5.74, 6) is 1.71. The van der Waals surface area contributed by atoms with Crippen LogP contribution in [0.25, 0.3) is 17.0 Å². The van der Waals surface area contributed by atoms with Crippen LogP contribution in [0.1, 0.15) is 12.8 Å². The Morgan fingerprint density at radius 1 is 0.897 bits per heavy atom. The molecule has 3 heterocycles. The number of piperidine rings is 1. The molecule has 6 heteroatoms. The maximum Gasteiger partial charge on any atom is 0.185 e. The van der Waals surface area contributed by atoms with Gasteiger partial charge in [-0.05, 0) is 37.1 Å². The lowest BCUT2D eigenvalue weighted by Gasteiger charge is -2.39. The van der Waals surface area contributed by atoms with Crippen molar-refractivity contribution in [1.82, 2.24) is 19.8 Å². The highest BCUT2D eigenvalue weighted by atomic mass is 15.4. The minimum atomic E-state index is 0.408. The highest BCUT2D eigenvalue weighted by Crippen LogP contribution is 2.25. The minimum absolute atomic E-state index is 0.408. The monoisotopic (exact) mass is 384 g/mol. The quantitative estimate of drug-likeness (QED) is 0.534. The Hall–Kier alpha value is -3.41. The molecular formula is C23H24N6. The Bertz CT molecular complexity index is 1090. The van der Waals surface area contributed by atoms with Crippen LogP contribution in [0.5, 0.6) is 0 Å². The molecule has 0 saturated carbocycles. The molecule has 0 N–H and O–H groups in total. The van der Waals surface area contributed by atoms with Crippen LogP contribution in [0, 0.1) is 0 Å². The van der Waals surface area contributed by atoms with Crippen LogP contribution in [-0.2, 0) is 0 Å². The predicted molar refractivity (Wildman–Crippen MR) is 116 cm³/mol. The normalized spacial score (nSPS) is 16.9. The second kappa shape index (κ2) is 7.54. The third kappa shape index (κ3) is 3.42. The first kappa shape index (κ1) is 17.7. The Labute approximate surface area is 170 Å². The van der Waals surface area contributed by atoms with E-state index in [0.29, 0.717) is 6.04 Å². The zero-order valence-corrected chi connectivity index (χ0v) is 16.5. The fraction of sp³-hybridized carbons (Fsp3) is 0.261. The van der Waals surface area contributed by atoms with Crippen molar-refractivity contribution in [1.29, 1.82) is 0 Å². The summed E-state index contributed by atoms with van der Waals surface area (Å²) in [4.78, 5) is 4.76. The van der Waals surface area contributed by atoms with Gasteiger partial charge in [0.05, 0.1) is 0 Å². The van der Waals surface area contributed by atoms with Gasteiger partial charge in [-0.25, -0.2) is 0 Å². The number of para-hydroxylation sites is 1. The van der Waals surface area contributed by atoms with Crippen LogP contribution in [0.4, 0.5) is 11.5 Å². The molecule has 1 aliphatic heterocycles. The summed E-state index contributed by atoms with van der Waals surface area (Å²) in [6.45, 7) is 2.10. The first-order chi connectivity index (χ1) is 14.3. The average molecular weight is 384 g/mol. The second-order valence-corrected chi connectivity index (χ2v) is 7.54. The largest absolute Gasteiger partial charge is 0.369 e. The van der Waals surface area contributed by atoms with Gasteiger partial charge in [-0.15, -0.1) is 15.3 Å². The van der Waals surface area contributed by atoms with Crippen LogP contribution in [0.2, 0.25) is 0 Å². The highest BCUT2D eigenvalue weighted by Gasteiger charge is 2.25. The molecule has 0 radical (unpaired) electrons. The summed E-state index contributed by atoms with van der Waals surface area (Å²) in [6.07, 6.45) is 2.33. The number of hydrogen-bond acceptors (Lipinski definition) is 5. The zero-order chi connectivity index (χ0) is 19.6. The van der Waals surface area contributed by atoms with Crippen molar-refractivity contribution >= 4 is 17.2 Å². The molecule has 1 atom stereocenters. The number of rotatable bonds is 4. The smallest absolute Gasteiger partial charge is 0.185 e. The van der Waals surface area contributed by atoms with Gasteiger partial charge in [0.2, 0.25) is 0 Å². The van der Waals surface area contributed by atoms with E-state index >= 15 is 0 Å². The van der Waals surface area contributed by atoms with Crippen LogP contribution < -0.4 is 9.80 Å². The predicted octanol–water partition coefficient (Wildman–Crippen LogP) is 3.90. The molecule has 0 aliphatic carbocycles. The number of fused-ring (bicyclic) bond motifs is 1. The van der Waals surface area contributed by atoms with E-state index in [1.165, 1.54) is 12.1 Å². The molecule has 1 saturated heterocycles. The van der Waals surface area contributed by atoms with E-state index in [2.05, 4.69) is 57.4 Å². The third-order valence-corrected chi connectivity index (χ3v) is 5.71. The van der Waals surface area contributed by atoms with Gasteiger partial charge >= 0.3 is 0 Å². The van der Waals surface area contributed by atoms with Gasteiger partial charge in [0.25, 0.3) is 0 Å². The Morgan fingerprint density at radius 3 is 2.45 bits per heavy atom. The molecule has 4 aromatic rings. The molecule has 0 bridgehead atoms. The average Bonchev–Trinajstić information content (AvgIpc) is 3.23. The SMILES string of the molecule is CN(c1ccc2nnc(-c3ccccc3)n2n1)C1CCCN(c2ccccc2)C1. The van der Waals surface area contributed by atoms with Crippen LogP contribution in [0.3, 0.4) is 0 Å². The molecule has 1 unspecified atom stereocenters. The molecule has 0 amide bonds. The van der Waals surface area contributed by atoms with Gasteiger partial charge in [-0.2, -0.15) is 4.52 Å². The number of aromatic nitrogens is 4. The number of likely N-dealkylation sites (N-methyl/N-ethyl adjacent to an activating group) is 1. The van der Waals surface area contributed by atoms with Crippen molar-refractivity contribution < 1.29 is 0 Å². The van der Waals surface area contributed by atoms with E-state index in [4.69, 9.17) is 5.10 Å². The van der Waals surface area contributed by atoms with Gasteiger partial charge < -0.3 is 9.80 Å². The Balaban J connectivity index is 1.43. The summed E-state index contributed by atoms with van der Waals surface area (Å²) in [7, 11) is 2.14. The van der Waals surface area contributed by atoms with E-state index in [9.17, 15) is 0 Å². The van der Waals surface area contributed by atoms with Gasteiger partial charge in [0, 0.05) is 37.4 Å². The third-order valence-electron chi connectivity index (χ3n) is 5.71. The van der Waals surface area contributed by atoms with Crippen molar-refractivity contribution in [3.63, 3.8) is 0 Å².